The van der Waals surface area contributed by atoms with Crippen molar-refractivity contribution in [2.75, 3.05) is 6.54 Å². The zero-order valence-electron chi connectivity index (χ0n) is 13.4. The van der Waals surface area contributed by atoms with Crippen LogP contribution in [0.4, 0.5) is 0 Å². The first-order chi connectivity index (χ1) is 11.7. The van der Waals surface area contributed by atoms with Crippen molar-refractivity contribution in [2.24, 2.45) is 0 Å². The summed E-state index contributed by atoms with van der Waals surface area (Å²) < 4.78 is 0. The van der Waals surface area contributed by atoms with E-state index in [-0.39, 0.29) is 17.7 Å². The average molecular weight is 320 g/mol. The zero-order chi connectivity index (χ0) is 16.6. The molecule has 2 aliphatic rings. The van der Waals surface area contributed by atoms with E-state index < -0.39 is 5.54 Å². The van der Waals surface area contributed by atoms with E-state index >= 15 is 0 Å². The third-order valence-corrected chi connectivity index (χ3v) is 5.32. The normalized spacial score (nSPS) is 26.2. The molecule has 2 saturated heterocycles. The summed E-state index contributed by atoms with van der Waals surface area (Å²) in [6, 6.07) is 20.0. The fourth-order valence-electron chi connectivity index (χ4n) is 4.14. The summed E-state index contributed by atoms with van der Waals surface area (Å²) in [7, 11) is 0. The summed E-state index contributed by atoms with van der Waals surface area (Å²) in [5.41, 5.74) is 1.41. The number of carbonyl (C=O) groups is 2. The highest BCUT2D eigenvalue weighted by Crippen LogP contribution is 2.45. The highest BCUT2D eigenvalue weighted by Gasteiger charge is 2.59. The topological polar surface area (TPSA) is 49.4 Å². The number of nitrogens with zero attached hydrogens (tertiary/aromatic N) is 1. The molecule has 2 amide bonds. The Morgan fingerprint density at radius 3 is 2.38 bits per heavy atom. The molecule has 0 aromatic heterocycles. The van der Waals surface area contributed by atoms with Gasteiger partial charge in [0.05, 0.1) is 0 Å². The number of hydrogen-bond acceptors (Lipinski definition) is 2. The molecule has 122 valence electrons. The molecule has 4 heteroatoms. The van der Waals surface area contributed by atoms with E-state index in [2.05, 4.69) is 17.4 Å². The highest BCUT2D eigenvalue weighted by atomic mass is 16.2. The van der Waals surface area contributed by atoms with E-state index in [4.69, 9.17) is 0 Å². The van der Waals surface area contributed by atoms with Gasteiger partial charge in [0.25, 0.3) is 0 Å². The molecule has 4 rings (SSSR count). The van der Waals surface area contributed by atoms with E-state index in [9.17, 15) is 9.59 Å². The number of carbonyl (C=O) groups excluding carboxylic acids is 2. The summed E-state index contributed by atoms with van der Waals surface area (Å²) in [6.07, 6.45) is 1.02. The predicted molar refractivity (Wildman–Crippen MR) is 91.1 cm³/mol. The van der Waals surface area contributed by atoms with Crippen LogP contribution in [0.2, 0.25) is 0 Å². The van der Waals surface area contributed by atoms with Crippen molar-refractivity contribution >= 4 is 11.8 Å². The molecule has 2 fully saturated rings. The van der Waals surface area contributed by atoms with Gasteiger partial charge in [-0.15, -0.1) is 0 Å². The molecule has 2 aliphatic heterocycles. The molecule has 24 heavy (non-hydrogen) atoms. The first-order valence-corrected chi connectivity index (χ1v) is 8.39. The maximum absolute atomic E-state index is 12.8. The number of nitrogens with one attached hydrogen (secondary N) is 1. The summed E-state index contributed by atoms with van der Waals surface area (Å²) in [5.74, 6) is 0.0522. The van der Waals surface area contributed by atoms with Crippen molar-refractivity contribution in [3.05, 3.63) is 71.8 Å². The van der Waals surface area contributed by atoms with E-state index in [1.807, 2.05) is 53.4 Å². The minimum Gasteiger partial charge on any atom is -0.353 e. The van der Waals surface area contributed by atoms with Gasteiger partial charge in [-0.05, 0) is 17.5 Å². The largest absolute Gasteiger partial charge is 0.353 e. The van der Waals surface area contributed by atoms with Crippen LogP contribution in [0, 0.1) is 0 Å². The summed E-state index contributed by atoms with van der Waals surface area (Å²) in [4.78, 5) is 27.2. The van der Waals surface area contributed by atoms with Crippen LogP contribution in [0.15, 0.2) is 60.7 Å². The third-order valence-electron chi connectivity index (χ3n) is 5.32. The lowest BCUT2D eigenvalue weighted by Crippen LogP contribution is -2.53. The second-order valence-electron chi connectivity index (χ2n) is 6.56. The van der Waals surface area contributed by atoms with Gasteiger partial charge in [0.1, 0.15) is 5.54 Å². The van der Waals surface area contributed by atoms with Crippen molar-refractivity contribution in [1.82, 2.24) is 10.2 Å². The molecule has 0 aliphatic carbocycles. The molecule has 1 spiro atoms. The van der Waals surface area contributed by atoms with Crippen LogP contribution < -0.4 is 5.32 Å². The molecule has 4 nitrogen and oxygen atoms in total. The SMILES string of the molecule is O=C1CC[C@@]2(C(=O)NC[C@@H]2c2ccccc2)N1Cc1ccccc1. The second-order valence-corrected chi connectivity index (χ2v) is 6.56. The lowest BCUT2D eigenvalue weighted by Gasteiger charge is -2.37. The smallest absolute Gasteiger partial charge is 0.246 e. The van der Waals surface area contributed by atoms with Crippen LogP contribution in [-0.2, 0) is 16.1 Å². The molecule has 1 N–H and O–H groups in total. The number of hydrogen-bond donors (Lipinski definition) is 1. The van der Waals surface area contributed by atoms with Gasteiger partial charge in [-0.2, -0.15) is 0 Å². The number of likely N-dealkylation sites (tertiary alicyclic amines) is 1. The highest BCUT2D eigenvalue weighted by molar-refractivity contribution is 5.97. The fourth-order valence-corrected chi connectivity index (χ4v) is 4.14. The quantitative estimate of drug-likeness (QED) is 0.944. The van der Waals surface area contributed by atoms with E-state index in [0.717, 1.165) is 11.1 Å². The second kappa shape index (κ2) is 5.78. The van der Waals surface area contributed by atoms with Crippen molar-refractivity contribution in [3.63, 3.8) is 0 Å². The Morgan fingerprint density at radius 1 is 1.00 bits per heavy atom. The van der Waals surface area contributed by atoms with Crippen molar-refractivity contribution in [3.8, 4) is 0 Å². The molecule has 2 aromatic carbocycles. The molecule has 0 radical (unpaired) electrons. The van der Waals surface area contributed by atoms with Crippen molar-refractivity contribution in [1.29, 1.82) is 0 Å². The van der Waals surface area contributed by atoms with Gasteiger partial charge in [-0.3, -0.25) is 9.59 Å². The summed E-state index contributed by atoms with van der Waals surface area (Å²) >= 11 is 0. The minimum absolute atomic E-state index is 0.00126. The zero-order valence-corrected chi connectivity index (χ0v) is 13.4. The van der Waals surface area contributed by atoms with Crippen LogP contribution in [0.3, 0.4) is 0 Å². The molecule has 0 saturated carbocycles. The maximum atomic E-state index is 12.8. The molecule has 2 heterocycles. The van der Waals surface area contributed by atoms with Gasteiger partial charge < -0.3 is 10.2 Å². The number of rotatable bonds is 3. The number of amides is 2. The van der Waals surface area contributed by atoms with Crippen LogP contribution in [0.25, 0.3) is 0 Å². The Hall–Kier alpha value is -2.62. The van der Waals surface area contributed by atoms with E-state index in [1.54, 1.807) is 0 Å². The van der Waals surface area contributed by atoms with Crippen LogP contribution in [0.5, 0.6) is 0 Å². The monoisotopic (exact) mass is 320 g/mol. The lowest BCUT2D eigenvalue weighted by molar-refractivity contribution is -0.140. The first-order valence-electron chi connectivity index (χ1n) is 8.39. The van der Waals surface area contributed by atoms with Gasteiger partial charge in [0.15, 0.2) is 0 Å². The maximum Gasteiger partial charge on any atom is 0.246 e. The van der Waals surface area contributed by atoms with E-state index in [1.165, 1.54) is 0 Å². The Balaban J connectivity index is 1.74. The Bertz CT molecular complexity index is 760. The Morgan fingerprint density at radius 2 is 1.67 bits per heavy atom. The molecule has 0 unspecified atom stereocenters. The lowest BCUT2D eigenvalue weighted by atomic mass is 9.79. The van der Waals surface area contributed by atoms with Crippen molar-refractivity contribution < 1.29 is 9.59 Å². The third kappa shape index (κ3) is 2.21. The average Bonchev–Trinajstić information content (AvgIpc) is 3.12. The molecule has 2 atom stereocenters. The van der Waals surface area contributed by atoms with E-state index in [0.29, 0.717) is 25.9 Å². The van der Waals surface area contributed by atoms with Gasteiger partial charge in [-0.25, -0.2) is 0 Å². The summed E-state index contributed by atoms with van der Waals surface area (Å²) in [5, 5.41) is 3.00. The van der Waals surface area contributed by atoms with Crippen LogP contribution >= 0.6 is 0 Å². The standard InChI is InChI=1S/C20H20N2O2/c23-18-11-12-20(22(18)14-15-7-3-1-4-8-15)17(13-21-19(20)24)16-9-5-2-6-10-16/h1-10,17H,11-14H2,(H,21,24)/t17-,20-/m1/s1. The number of benzene rings is 2. The molecular formula is C20H20N2O2. The Labute approximate surface area is 141 Å². The van der Waals surface area contributed by atoms with Gasteiger partial charge in [-0.1, -0.05) is 60.7 Å². The van der Waals surface area contributed by atoms with Gasteiger partial charge in [0, 0.05) is 25.4 Å². The first kappa shape index (κ1) is 14.9. The Kier molecular flexibility index (Phi) is 3.60. The predicted octanol–water partition coefficient (Wildman–Crippen LogP) is 2.46. The molecule has 0 bridgehead atoms. The summed E-state index contributed by atoms with van der Waals surface area (Å²) in [6.45, 7) is 1.07. The molecular weight excluding hydrogens is 300 g/mol. The van der Waals surface area contributed by atoms with Crippen molar-refractivity contribution in [2.45, 2.75) is 30.8 Å². The minimum atomic E-state index is -0.756. The van der Waals surface area contributed by atoms with Gasteiger partial charge >= 0.3 is 0 Å². The molecule has 2 aromatic rings. The van der Waals surface area contributed by atoms with Crippen LogP contribution in [0.1, 0.15) is 29.9 Å². The van der Waals surface area contributed by atoms with Gasteiger partial charge in [0.2, 0.25) is 11.8 Å². The fraction of sp³-hybridized carbons (Fsp3) is 0.300. The van der Waals surface area contributed by atoms with Crippen LogP contribution in [-0.4, -0.2) is 28.8 Å².